The summed E-state index contributed by atoms with van der Waals surface area (Å²) in [4.78, 5) is 57.9. The number of nitrogens with two attached hydrogens (primary N) is 1. The number of carbonyl (C=O) groups is 4. The molecule has 0 aliphatic heterocycles. The Morgan fingerprint density at radius 2 is 1.59 bits per heavy atom. The van der Waals surface area contributed by atoms with E-state index in [0.29, 0.717) is 12.1 Å². The quantitative estimate of drug-likeness (QED) is 0.215. The molecule has 5 unspecified atom stereocenters. The SMILES string of the molecule is CCC(C)C(NC(=O)C(N)C(C)C)C(=O)NC(Cc1cnc[nH]1)C(=O)NC(Cc1ccccc1)C(=O)O. The summed E-state index contributed by atoms with van der Waals surface area (Å²) in [5, 5.41) is 17.7. The molecule has 11 nitrogen and oxygen atoms in total. The molecule has 5 atom stereocenters. The van der Waals surface area contributed by atoms with Crippen LogP contribution in [-0.2, 0) is 32.0 Å². The summed E-state index contributed by atoms with van der Waals surface area (Å²) >= 11 is 0. The van der Waals surface area contributed by atoms with Crippen LogP contribution in [-0.4, -0.2) is 62.9 Å². The molecular formula is C26H38N6O5. The lowest BCUT2D eigenvalue weighted by molar-refractivity contribution is -0.142. The Labute approximate surface area is 217 Å². The summed E-state index contributed by atoms with van der Waals surface area (Å²) in [6.45, 7) is 7.31. The smallest absolute Gasteiger partial charge is 0.326 e. The number of hydrogen-bond donors (Lipinski definition) is 6. The third-order valence-electron chi connectivity index (χ3n) is 6.32. The topological polar surface area (TPSA) is 179 Å². The molecule has 2 rings (SSSR count). The molecule has 0 bridgehead atoms. The van der Waals surface area contributed by atoms with Gasteiger partial charge >= 0.3 is 5.97 Å². The number of aromatic amines is 1. The lowest BCUT2D eigenvalue weighted by Gasteiger charge is -2.28. The van der Waals surface area contributed by atoms with E-state index in [9.17, 15) is 24.3 Å². The average Bonchev–Trinajstić information content (AvgIpc) is 3.38. The Hall–Kier alpha value is -3.73. The van der Waals surface area contributed by atoms with E-state index < -0.39 is 47.9 Å². The van der Waals surface area contributed by atoms with Gasteiger partial charge < -0.3 is 31.8 Å². The Morgan fingerprint density at radius 3 is 2.14 bits per heavy atom. The molecule has 1 aromatic carbocycles. The van der Waals surface area contributed by atoms with E-state index in [4.69, 9.17) is 5.73 Å². The van der Waals surface area contributed by atoms with E-state index in [1.807, 2.05) is 33.8 Å². The maximum absolute atomic E-state index is 13.3. The van der Waals surface area contributed by atoms with E-state index in [1.54, 1.807) is 24.3 Å². The van der Waals surface area contributed by atoms with Crippen LogP contribution >= 0.6 is 0 Å². The van der Waals surface area contributed by atoms with Crippen LogP contribution < -0.4 is 21.7 Å². The van der Waals surface area contributed by atoms with Gasteiger partial charge in [-0.05, 0) is 17.4 Å². The van der Waals surface area contributed by atoms with Crippen molar-refractivity contribution in [1.29, 1.82) is 0 Å². The highest BCUT2D eigenvalue weighted by Gasteiger charge is 2.33. The van der Waals surface area contributed by atoms with E-state index in [0.717, 1.165) is 5.56 Å². The summed E-state index contributed by atoms with van der Waals surface area (Å²) in [6.07, 6.45) is 3.66. The van der Waals surface area contributed by atoms with Gasteiger partial charge in [0, 0.05) is 24.7 Å². The van der Waals surface area contributed by atoms with Crippen molar-refractivity contribution in [2.45, 2.75) is 71.1 Å². The minimum absolute atomic E-state index is 0.0436. The summed E-state index contributed by atoms with van der Waals surface area (Å²) in [6, 6.07) is 4.88. The first-order valence-corrected chi connectivity index (χ1v) is 12.4. The number of nitrogens with one attached hydrogen (secondary N) is 4. The number of carboxylic acids is 1. The number of carboxylic acid groups (broad SMARTS) is 1. The van der Waals surface area contributed by atoms with Gasteiger partial charge in [-0.3, -0.25) is 14.4 Å². The molecule has 37 heavy (non-hydrogen) atoms. The molecule has 11 heteroatoms. The Morgan fingerprint density at radius 1 is 0.946 bits per heavy atom. The van der Waals surface area contributed by atoms with E-state index >= 15 is 0 Å². The van der Waals surface area contributed by atoms with Crippen molar-refractivity contribution < 1.29 is 24.3 Å². The first-order chi connectivity index (χ1) is 17.5. The zero-order valence-corrected chi connectivity index (χ0v) is 21.7. The third kappa shape index (κ3) is 9.02. The molecule has 7 N–H and O–H groups in total. The summed E-state index contributed by atoms with van der Waals surface area (Å²) in [5.41, 5.74) is 7.27. The normalized spacial score (nSPS) is 15.2. The molecule has 202 valence electrons. The molecule has 0 aliphatic carbocycles. The van der Waals surface area contributed by atoms with Crippen molar-refractivity contribution in [3.63, 3.8) is 0 Å². The maximum Gasteiger partial charge on any atom is 0.326 e. The fourth-order valence-corrected chi connectivity index (χ4v) is 3.66. The maximum atomic E-state index is 13.3. The van der Waals surface area contributed by atoms with Gasteiger partial charge in [-0.1, -0.05) is 64.4 Å². The number of benzene rings is 1. The van der Waals surface area contributed by atoms with Crippen LogP contribution in [0.3, 0.4) is 0 Å². The highest BCUT2D eigenvalue weighted by Crippen LogP contribution is 2.11. The zero-order valence-electron chi connectivity index (χ0n) is 21.7. The first kappa shape index (κ1) is 29.5. The summed E-state index contributed by atoms with van der Waals surface area (Å²) < 4.78 is 0. The van der Waals surface area contributed by atoms with Gasteiger partial charge in [0.2, 0.25) is 17.7 Å². The van der Waals surface area contributed by atoms with Crippen molar-refractivity contribution in [2.24, 2.45) is 17.6 Å². The van der Waals surface area contributed by atoms with Crippen LogP contribution in [0.2, 0.25) is 0 Å². The number of hydrogen-bond acceptors (Lipinski definition) is 6. The number of aliphatic carboxylic acids is 1. The molecule has 0 saturated carbocycles. The molecule has 3 amide bonds. The fraction of sp³-hybridized carbons (Fsp3) is 0.500. The number of carbonyl (C=O) groups excluding carboxylic acids is 3. The third-order valence-corrected chi connectivity index (χ3v) is 6.32. The van der Waals surface area contributed by atoms with E-state index in [2.05, 4.69) is 25.9 Å². The van der Waals surface area contributed by atoms with Crippen molar-refractivity contribution in [3.05, 3.63) is 54.1 Å². The predicted octanol–water partition coefficient (Wildman–Crippen LogP) is 0.763. The molecule has 0 radical (unpaired) electrons. The highest BCUT2D eigenvalue weighted by atomic mass is 16.4. The Bertz CT molecular complexity index is 1030. The number of rotatable bonds is 14. The van der Waals surface area contributed by atoms with Crippen molar-refractivity contribution in [2.75, 3.05) is 0 Å². The van der Waals surface area contributed by atoms with Gasteiger partial charge in [-0.25, -0.2) is 9.78 Å². The predicted molar refractivity (Wildman–Crippen MR) is 138 cm³/mol. The van der Waals surface area contributed by atoms with Crippen LogP contribution in [0.5, 0.6) is 0 Å². The van der Waals surface area contributed by atoms with Crippen LogP contribution in [0.1, 0.15) is 45.4 Å². The van der Waals surface area contributed by atoms with Gasteiger partial charge in [0.1, 0.15) is 18.1 Å². The summed E-state index contributed by atoms with van der Waals surface area (Å²) in [5.74, 6) is -3.26. The number of amides is 3. The molecule has 1 heterocycles. The second kappa shape index (κ2) is 14.1. The van der Waals surface area contributed by atoms with Gasteiger partial charge in [0.15, 0.2) is 0 Å². The molecule has 0 fully saturated rings. The fourth-order valence-electron chi connectivity index (χ4n) is 3.66. The molecule has 1 aromatic heterocycles. The minimum Gasteiger partial charge on any atom is -0.480 e. The second-order valence-electron chi connectivity index (χ2n) is 9.57. The number of aromatic nitrogens is 2. The number of nitrogens with zero attached hydrogens (tertiary/aromatic N) is 1. The van der Waals surface area contributed by atoms with Crippen molar-refractivity contribution >= 4 is 23.7 Å². The number of H-pyrrole nitrogens is 1. The van der Waals surface area contributed by atoms with Crippen molar-refractivity contribution in [1.82, 2.24) is 25.9 Å². The lowest BCUT2D eigenvalue weighted by atomic mass is 9.96. The van der Waals surface area contributed by atoms with Crippen LogP contribution in [0.25, 0.3) is 0 Å². The van der Waals surface area contributed by atoms with Gasteiger partial charge in [-0.2, -0.15) is 0 Å². The zero-order chi connectivity index (χ0) is 27.5. The second-order valence-corrected chi connectivity index (χ2v) is 9.57. The standard InChI is InChI=1S/C26H38N6O5/c1-5-16(4)22(32-24(34)21(27)15(2)3)25(35)30-19(12-18-13-28-14-29-18)23(33)31-20(26(36)37)11-17-9-7-6-8-10-17/h6-10,13-16,19-22H,5,11-12,27H2,1-4H3,(H,28,29)(H,30,35)(H,31,33)(H,32,34)(H,36,37). The largest absolute Gasteiger partial charge is 0.480 e. The van der Waals surface area contributed by atoms with Gasteiger partial charge in [0.05, 0.1) is 12.4 Å². The van der Waals surface area contributed by atoms with Gasteiger partial charge in [-0.15, -0.1) is 0 Å². The first-order valence-electron chi connectivity index (χ1n) is 12.4. The molecule has 2 aromatic rings. The number of imidazole rings is 1. The Balaban J connectivity index is 2.23. The molecule has 0 spiro atoms. The average molecular weight is 515 g/mol. The van der Waals surface area contributed by atoms with Gasteiger partial charge in [0.25, 0.3) is 0 Å². The monoisotopic (exact) mass is 514 g/mol. The molecule has 0 aliphatic rings. The van der Waals surface area contributed by atoms with E-state index in [-0.39, 0.29) is 24.7 Å². The molecular weight excluding hydrogens is 476 g/mol. The van der Waals surface area contributed by atoms with Crippen LogP contribution in [0.4, 0.5) is 0 Å². The summed E-state index contributed by atoms with van der Waals surface area (Å²) in [7, 11) is 0. The highest BCUT2D eigenvalue weighted by molar-refractivity contribution is 5.94. The van der Waals surface area contributed by atoms with Crippen LogP contribution in [0, 0.1) is 11.8 Å². The lowest BCUT2D eigenvalue weighted by Crippen LogP contribution is -2.59. The van der Waals surface area contributed by atoms with E-state index in [1.165, 1.54) is 12.5 Å². The minimum atomic E-state index is -1.20. The van der Waals surface area contributed by atoms with Crippen molar-refractivity contribution in [3.8, 4) is 0 Å². The van der Waals surface area contributed by atoms with Crippen LogP contribution in [0.15, 0.2) is 42.9 Å². The Kier molecular flexibility index (Phi) is 11.3. The molecule has 0 saturated heterocycles.